The molecule has 0 fully saturated rings. The van der Waals surface area contributed by atoms with Gasteiger partial charge in [-0.1, -0.05) is 12.1 Å². The predicted molar refractivity (Wildman–Crippen MR) is 65.0 cm³/mol. The summed E-state index contributed by atoms with van der Waals surface area (Å²) in [6, 6.07) is 9.98. The zero-order chi connectivity index (χ0) is 12.1. The highest BCUT2D eigenvalue weighted by Crippen LogP contribution is 2.13. The van der Waals surface area contributed by atoms with Crippen molar-refractivity contribution in [1.29, 1.82) is 5.26 Å². The molecule has 1 aromatic heterocycles. The third-order valence-corrected chi connectivity index (χ3v) is 2.69. The fourth-order valence-corrected chi connectivity index (χ4v) is 1.61. The van der Waals surface area contributed by atoms with Crippen LogP contribution >= 0.6 is 0 Å². The maximum atomic E-state index is 8.72. The molecule has 0 radical (unpaired) electrons. The number of H-pyrrole nitrogens is 1. The van der Waals surface area contributed by atoms with Crippen LogP contribution in [0.4, 0.5) is 0 Å². The van der Waals surface area contributed by atoms with Crippen molar-refractivity contribution < 1.29 is 0 Å². The summed E-state index contributed by atoms with van der Waals surface area (Å²) in [5.41, 5.74) is 2.92. The molecule has 0 spiro atoms. The molecule has 2 N–H and O–H groups in total. The van der Waals surface area contributed by atoms with Gasteiger partial charge in [-0.15, -0.1) is 0 Å². The second kappa shape index (κ2) is 5.28. The fourth-order valence-electron chi connectivity index (χ4n) is 1.61. The molecule has 0 saturated carbocycles. The van der Waals surface area contributed by atoms with Crippen molar-refractivity contribution in [1.82, 2.24) is 15.3 Å². The zero-order valence-electron chi connectivity index (χ0n) is 9.64. The Balaban J connectivity index is 1.95. The van der Waals surface area contributed by atoms with Gasteiger partial charge in [0, 0.05) is 24.5 Å². The molecule has 0 saturated heterocycles. The Kier molecular flexibility index (Phi) is 3.53. The van der Waals surface area contributed by atoms with Gasteiger partial charge in [-0.05, 0) is 24.6 Å². The number of nitrogens with zero attached hydrogens (tertiary/aromatic N) is 2. The van der Waals surface area contributed by atoms with E-state index >= 15 is 0 Å². The summed E-state index contributed by atoms with van der Waals surface area (Å²) in [7, 11) is 0. The van der Waals surface area contributed by atoms with Crippen LogP contribution in [0.2, 0.25) is 0 Å². The summed E-state index contributed by atoms with van der Waals surface area (Å²) in [6.07, 6.45) is 3.47. The number of rotatable bonds is 4. The molecule has 1 atom stereocenters. The quantitative estimate of drug-likeness (QED) is 0.839. The van der Waals surface area contributed by atoms with Gasteiger partial charge < -0.3 is 10.3 Å². The Morgan fingerprint density at radius 3 is 2.76 bits per heavy atom. The number of hydrogen-bond donors (Lipinski definition) is 2. The molecule has 4 nitrogen and oxygen atoms in total. The first kappa shape index (κ1) is 11.4. The number of nitriles is 1. The lowest BCUT2D eigenvalue weighted by Gasteiger charge is -2.13. The lowest BCUT2D eigenvalue weighted by Crippen LogP contribution is -2.18. The molecule has 86 valence electrons. The van der Waals surface area contributed by atoms with Crippen molar-refractivity contribution >= 4 is 0 Å². The minimum absolute atomic E-state index is 0.242. The average molecular weight is 226 g/mol. The maximum absolute atomic E-state index is 8.72. The normalized spacial score (nSPS) is 12.0. The van der Waals surface area contributed by atoms with Gasteiger partial charge in [0.15, 0.2) is 0 Å². The van der Waals surface area contributed by atoms with Crippen LogP contribution in [0.15, 0.2) is 36.8 Å². The molecule has 0 amide bonds. The van der Waals surface area contributed by atoms with Crippen molar-refractivity contribution in [3.05, 3.63) is 53.6 Å². The summed E-state index contributed by atoms with van der Waals surface area (Å²) in [5.74, 6) is 0. The van der Waals surface area contributed by atoms with E-state index in [0.717, 1.165) is 12.2 Å². The van der Waals surface area contributed by atoms with Crippen molar-refractivity contribution in [2.75, 3.05) is 0 Å². The Hall–Kier alpha value is -2.12. The van der Waals surface area contributed by atoms with Crippen molar-refractivity contribution in [2.24, 2.45) is 0 Å². The second-order valence-electron chi connectivity index (χ2n) is 3.91. The Labute approximate surface area is 100 Å². The lowest BCUT2D eigenvalue weighted by molar-refractivity contribution is 0.569. The molecule has 1 unspecified atom stereocenters. The highest BCUT2D eigenvalue weighted by atomic mass is 14.9. The molecule has 0 bridgehead atoms. The van der Waals surface area contributed by atoms with Crippen molar-refractivity contribution in [3.8, 4) is 6.07 Å². The minimum Gasteiger partial charge on any atom is -0.347 e. The van der Waals surface area contributed by atoms with Crippen LogP contribution < -0.4 is 5.32 Å². The van der Waals surface area contributed by atoms with Crippen LogP contribution in [-0.4, -0.2) is 9.97 Å². The zero-order valence-corrected chi connectivity index (χ0v) is 9.64. The van der Waals surface area contributed by atoms with E-state index in [1.165, 1.54) is 5.56 Å². The maximum Gasteiger partial charge on any atom is 0.0991 e. The summed E-state index contributed by atoms with van der Waals surface area (Å²) >= 11 is 0. The Bertz CT molecular complexity index is 493. The third-order valence-electron chi connectivity index (χ3n) is 2.69. The van der Waals surface area contributed by atoms with Gasteiger partial charge in [-0.2, -0.15) is 5.26 Å². The van der Waals surface area contributed by atoms with Crippen molar-refractivity contribution in [2.45, 2.75) is 19.5 Å². The fraction of sp³-hybridized carbons (Fsp3) is 0.231. The van der Waals surface area contributed by atoms with E-state index in [0.29, 0.717) is 5.56 Å². The molecule has 4 heteroatoms. The van der Waals surface area contributed by atoms with Crippen molar-refractivity contribution in [3.63, 3.8) is 0 Å². The predicted octanol–water partition coefficient (Wildman–Crippen LogP) is 2.13. The summed E-state index contributed by atoms with van der Waals surface area (Å²) in [4.78, 5) is 7.01. The highest BCUT2D eigenvalue weighted by Gasteiger charge is 2.05. The van der Waals surface area contributed by atoms with Crippen LogP contribution in [0, 0.1) is 11.3 Å². The Morgan fingerprint density at radius 1 is 1.41 bits per heavy atom. The van der Waals surface area contributed by atoms with E-state index in [1.807, 2.05) is 24.3 Å². The molecule has 2 aromatic rings. The highest BCUT2D eigenvalue weighted by molar-refractivity contribution is 5.32. The Morgan fingerprint density at radius 2 is 2.18 bits per heavy atom. The van der Waals surface area contributed by atoms with E-state index in [1.54, 1.807) is 12.5 Å². The van der Waals surface area contributed by atoms with Crippen LogP contribution in [0.1, 0.15) is 29.8 Å². The lowest BCUT2D eigenvalue weighted by atomic mass is 10.1. The van der Waals surface area contributed by atoms with E-state index in [-0.39, 0.29) is 6.04 Å². The molecular weight excluding hydrogens is 212 g/mol. The number of aromatic amines is 1. The van der Waals surface area contributed by atoms with Gasteiger partial charge >= 0.3 is 0 Å². The SMILES string of the molecule is CC(NCc1cnc[nH]1)c1ccc(C#N)cc1. The summed E-state index contributed by atoms with van der Waals surface area (Å²) in [6.45, 7) is 2.85. The number of benzene rings is 1. The van der Waals surface area contributed by atoms with Gasteiger partial charge in [0.2, 0.25) is 0 Å². The van der Waals surface area contributed by atoms with Crippen LogP contribution in [0.3, 0.4) is 0 Å². The number of imidazole rings is 1. The summed E-state index contributed by atoms with van der Waals surface area (Å²) in [5, 5.41) is 12.1. The van der Waals surface area contributed by atoms with Crippen LogP contribution in [0.5, 0.6) is 0 Å². The molecule has 1 aromatic carbocycles. The van der Waals surface area contributed by atoms with Gasteiger partial charge in [0.25, 0.3) is 0 Å². The molecule has 0 aliphatic heterocycles. The van der Waals surface area contributed by atoms with Crippen LogP contribution in [-0.2, 0) is 6.54 Å². The minimum atomic E-state index is 0.242. The van der Waals surface area contributed by atoms with Crippen LogP contribution in [0.25, 0.3) is 0 Å². The van der Waals surface area contributed by atoms with Gasteiger partial charge in [0.1, 0.15) is 0 Å². The van der Waals surface area contributed by atoms with Gasteiger partial charge in [-0.3, -0.25) is 0 Å². The average Bonchev–Trinajstić information content (AvgIpc) is 2.89. The monoisotopic (exact) mass is 226 g/mol. The first-order valence-electron chi connectivity index (χ1n) is 5.50. The number of hydrogen-bond acceptors (Lipinski definition) is 3. The standard InChI is InChI=1S/C13H14N4/c1-10(16-8-13-7-15-9-17-13)12-4-2-11(6-14)3-5-12/h2-5,7,9-10,16H,8H2,1H3,(H,15,17). The molecule has 0 aliphatic rings. The largest absolute Gasteiger partial charge is 0.347 e. The van der Waals surface area contributed by atoms with E-state index < -0.39 is 0 Å². The van der Waals surface area contributed by atoms with E-state index in [2.05, 4.69) is 28.3 Å². The summed E-state index contributed by atoms with van der Waals surface area (Å²) < 4.78 is 0. The topological polar surface area (TPSA) is 64.5 Å². The van der Waals surface area contributed by atoms with E-state index in [4.69, 9.17) is 5.26 Å². The first-order valence-corrected chi connectivity index (χ1v) is 5.50. The number of nitrogens with one attached hydrogen (secondary N) is 2. The van der Waals surface area contributed by atoms with Gasteiger partial charge in [0.05, 0.1) is 18.0 Å². The van der Waals surface area contributed by atoms with Gasteiger partial charge in [-0.25, -0.2) is 4.98 Å². The molecule has 2 rings (SSSR count). The molecule has 1 heterocycles. The third kappa shape index (κ3) is 2.92. The molecular formula is C13H14N4. The molecule has 17 heavy (non-hydrogen) atoms. The second-order valence-corrected chi connectivity index (χ2v) is 3.91. The molecule has 0 aliphatic carbocycles. The smallest absolute Gasteiger partial charge is 0.0991 e. The van der Waals surface area contributed by atoms with E-state index in [9.17, 15) is 0 Å². The number of aromatic nitrogens is 2. The first-order chi connectivity index (χ1) is 8.29.